The monoisotopic (exact) mass is 327 g/mol. The average molecular weight is 329 g/mol. The first-order valence-electron chi connectivity index (χ1n) is 5.51. The number of hydrogen-bond donors (Lipinski definition) is 0. The lowest BCUT2D eigenvalue weighted by Crippen LogP contribution is -2.12. The number of hydrogen-bond acceptors (Lipinski definition) is 3. The molecular weight excluding hydrogens is 318 g/mol. The number of pyridine rings is 1. The molecule has 0 aliphatic rings. The first-order valence-corrected chi connectivity index (χ1v) is 6.68. The number of aromatic nitrogens is 3. The Morgan fingerprint density at radius 1 is 1.56 bits per heavy atom. The summed E-state index contributed by atoms with van der Waals surface area (Å²) in [5.41, 5.74) is 1.05. The fourth-order valence-electron chi connectivity index (χ4n) is 1.65. The van der Waals surface area contributed by atoms with Gasteiger partial charge in [0, 0.05) is 18.3 Å². The smallest absolute Gasteiger partial charge is 0.212 e. The van der Waals surface area contributed by atoms with Crippen LogP contribution < -0.4 is 0 Å². The van der Waals surface area contributed by atoms with Crippen LogP contribution in [0.1, 0.15) is 29.4 Å². The molecule has 0 aliphatic heterocycles. The summed E-state index contributed by atoms with van der Waals surface area (Å²) in [6, 6.07) is 3.20. The van der Waals surface area contributed by atoms with Crippen molar-refractivity contribution in [1.82, 2.24) is 14.8 Å². The summed E-state index contributed by atoms with van der Waals surface area (Å²) in [5.74, 6) is -0.114. The molecule has 0 spiro atoms. The maximum atomic E-state index is 12.4. The Hall–Kier alpha value is -1.20. The summed E-state index contributed by atoms with van der Waals surface area (Å²) in [7, 11) is 0. The van der Waals surface area contributed by atoms with Gasteiger partial charge in [0.2, 0.25) is 5.78 Å². The highest BCUT2D eigenvalue weighted by atomic mass is 79.9. The van der Waals surface area contributed by atoms with Crippen LogP contribution in [0.5, 0.6) is 0 Å². The largest absolute Gasteiger partial charge is 0.287 e. The lowest BCUT2D eigenvalue weighted by atomic mass is 10.1. The van der Waals surface area contributed by atoms with Gasteiger partial charge in [-0.2, -0.15) is 5.10 Å². The van der Waals surface area contributed by atoms with Gasteiger partial charge in [-0.15, -0.1) is 0 Å². The van der Waals surface area contributed by atoms with Crippen LogP contribution in [-0.4, -0.2) is 20.5 Å². The highest BCUT2D eigenvalue weighted by molar-refractivity contribution is 9.10. The predicted molar refractivity (Wildman–Crippen MR) is 72.9 cm³/mol. The highest BCUT2D eigenvalue weighted by Gasteiger charge is 2.18. The number of ketones is 1. The predicted octanol–water partition coefficient (Wildman–Crippen LogP) is 3.34. The van der Waals surface area contributed by atoms with Crippen molar-refractivity contribution in [3.63, 3.8) is 0 Å². The Balaban J connectivity index is 2.42. The van der Waals surface area contributed by atoms with E-state index in [1.807, 2.05) is 6.92 Å². The molecule has 0 amide bonds. The van der Waals surface area contributed by atoms with Crippen LogP contribution in [0.3, 0.4) is 0 Å². The second-order valence-electron chi connectivity index (χ2n) is 3.76. The first kappa shape index (κ1) is 13.2. The molecule has 0 bridgehead atoms. The minimum absolute atomic E-state index is 0.114. The second kappa shape index (κ2) is 5.63. The van der Waals surface area contributed by atoms with E-state index in [1.165, 1.54) is 6.20 Å². The molecule has 0 unspecified atom stereocenters. The minimum Gasteiger partial charge on any atom is -0.287 e. The molecular formula is C12H11BrClN3O. The SMILES string of the molecule is CCCn1ncc(Br)c1C(=O)c1ccnc(Cl)c1. The lowest BCUT2D eigenvalue weighted by molar-refractivity contribution is 0.102. The molecule has 2 heterocycles. The lowest BCUT2D eigenvalue weighted by Gasteiger charge is -2.06. The fourth-order valence-corrected chi connectivity index (χ4v) is 2.30. The van der Waals surface area contributed by atoms with Crippen molar-refractivity contribution >= 4 is 33.3 Å². The fraction of sp³-hybridized carbons (Fsp3) is 0.250. The summed E-state index contributed by atoms with van der Waals surface area (Å²) in [5, 5.41) is 4.48. The third kappa shape index (κ3) is 2.62. The summed E-state index contributed by atoms with van der Waals surface area (Å²) in [4.78, 5) is 16.3. The van der Waals surface area contributed by atoms with Crippen molar-refractivity contribution in [2.45, 2.75) is 19.9 Å². The van der Waals surface area contributed by atoms with Gasteiger partial charge in [-0.25, -0.2) is 4.98 Å². The Morgan fingerprint density at radius 2 is 2.33 bits per heavy atom. The van der Waals surface area contributed by atoms with E-state index in [9.17, 15) is 4.79 Å². The Bertz CT molecular complexity index is 582. The zero-order chi connectivity index (χ0) is 13.1. The summed E-state index contributed by atoms with van der Waals surface area (Å²) in [6.07, 6.45) is 4.06. The van der Waals surface area contributed by atoms with Crippen molar-refractivity contribution in [3.8, 4) is 0 Å². The van der Waals surface area contributed by atoms with Crippen molar-refractivity contribution in [3.05, 3.63) is 45.4 Å². The minimum atomic E-state index is -0.114. The molecule has 0 saturated heterocycles. The molecule has 0 aliphatic carbocycles. The molecule has 2 aromatic rings. The molecule has 94 valence electrons. The highest BCUT2D eigenvalue weighted by Crippen LogP contribution is 2.21. The van der Waals surface area contributed by atoms with Gasteiger partial charge in [-0.05, 0) is 34.5 Å². The maximum absolute atomic E-state index is 12.4. The summed E-state index contributed by atoms with van der Waals surface area (Å²) < 4.78 is 2.38. The normalized spacial score (nSPS) is 10.6. The van der Waals surface area contributed by atoms with Crippen LogP contribution in [0.15, 0.2) is 29.0 Å². The van der Waals surface area contributed by atoms with E-state index < -0.39 is 0 Å². The molecule has 0 N–H and O–H groups in total. The number of halogens is 2. The van der Waals surface area contributed by atoms with Gasteiger partial charge >= 0.3 is 0 Å². The van der Waals surface area contributed by atoms with Crippen LogP contribution >= 0.6 is 27.5 Å². The summed E-state index contributed by atoms with van der Waals surface area (Å²) >= 11 is 9.14. The quantitative estimate of drug-likeness (QED) is 0.639. The average Bonchev–Trinajstić information content (AvgIpc) is 2.70. The van der Waals surface area contributed by atoms with E-state index >= 15 is 0 Å². The molecule has 0 aromatic carbocycles. The zero-order valence-electron chi connectivity index (χ0n) is 9.73. The molecule has 0 fully saturated rings. The third-order valence-corrected chi connectivity index (χ3v) is 3.22. The number of rotatable bonds is 4. The van der Waals surface area contributed by atoms with Gasteiger partial charge in [0.15, 0.2) is 0 Å². The van der Waals surface area contributed by atoms with Gasteiger partial charge in [0.1, 0.15) is 10.8 Å². The van der Waals surface area contributed by atoms with E-state index in [4.69, 9.17) is 11.6 Å². The van der Waals surface area contributed by atoms with E-state index in [1.54, 1.807) is 23.0 Å². The molecule has 0 saturated carbocycles. The van der Waals surface area contributed by atoms with Gasteiger partial charge in [0.05, 0.1) is 10.7 Å². The van der Waals surface area contributed by atoms with Crippen LogP contribution in [0.2, 0.25) is 5.15 Å². The maximum Gasteiger partial charge on any atom is 0.212 e. The molecule has 0 atom stereocenters. The van der Waals surface area contributed by atoms with Crippen LogP contribution in [-0.2, 0) is 6.54 Å². The molecule has 4 nitrogen and oxygen atoms in total. The van der Waals surface area contributed by atoms with E-state index in [2.05, 4.69) is 26.0 Å². The molecule has 2 aromatic heterocycles. The number of carbonyl (C=O) groups excluding carboxylic acids is 1. The van der Waals surface area contributed by atoms with Crippen LogP contribution in [0.4, 0.5) is 0 Å². The second-order valence-corrected chi connectivity index (χ2v) is 5.00. The van der Waals surface area contributed by atoms with Gasteiger partial charge < -0.3 is 0 Å². The van der Waals surface area contributed by atoms with E-state index in [0.29, 0.717) is 27.4 Å². The Morgan fingerprint density at radius 3 is 3.00 bits per heavy atom. The molecule has 6 heteroatoms. The standard InChI is InChI=1S/C12H11BrClN3O/c1-2-5-17-11(9(13)7-16-17)12(18)8-3-4-15-10(14)6-8/h3-4,6-7H,2,5H2,1H3. The first-order chi connectivity index (χ1) is 8.63. The number of aryl methyl sites for hydroxylation is 1. The van der Waals surface area contributed by atoms with Gasteiger partial charge in [-0.3, -0.25) is 9.48 Å². The third-order valence-electron chi connectivity index (χ3n) is 2.43. The van der Waals surface area contributed by atoms with Gasteiger partial charge in [-0.1, -0.05) is 18.5 Å². The molecule has 2 rings (SSSR count). The van der Waals surface area contributed by atoms with Crippen LogP contribution in [0, 0.1) is 0 Å². The van der Waals surface area contributed by atoms with E-state index in [0.717, 1.165) is 6.42 Å². The Labute approximate surface area is 118 Å². The Kier molecular flexibility index (Phi) is 4.14. The van der Waals surface area contributed by atoms with E-state index in [-0.39, 0.29) is 5.78 Å². The zero-order valence-corrected chi connectivity index (χ0v) is 12.1. The molecule has 0 radical (unpaired) electrons. The van der Waals surface area contributed by atoms with Crippen molar-refractivity contribution < 1.29 is 4.79 Å². The number of carbonyl (C=O) groups is 1. The van der Waals surface area contributed by atoms with Crippen LogP contribution in [0.25, 0.3) is 0 Å². The summed E-state index contributed by atoms with van der Waals surface area (Å²) in [6.45, 7) is 2.73. The van der Waals surface area contributed by atoms with Crippen molar-refractivity contribution in [1.29, 1.82) is 0 Å². The van der Waals surface area contributed by atoms with Gasteiger partial charge in [0.25, 0.3) is 0 Å². The number of nitrogens with zero attached hydrogens (tertiary/aromatic N) is 3. The molecule has 18 heavy (non-hydrogen) atoms. The van der Waals surface area contributed by atoms with Crippen molar-refractivity contribution in [2.75, 3.05) is 0 Å². The topological polar surface area (TPSA) is 47.8 Å². The van der Waals surface area contributed by atoms with Crippen molar-refractivity contribution in [2.24, 2.45) is 0 Å².